The number of anilines is 1. The fourth-order valence-electron chi connectivity index (χ4n) is 3.53. The van der Waals surface area contributed by atoms with Gasteiger partial charge in [0, 0.05) is 17.8 Å². The second-order valence-electron chi connectivity index (χ2n) is 7.11. The molecule has 1 aliphatic heterocycles. The Labute approximate surface area is 160 Å². The monoisotopic (exact) mass is 375 g/mol. The standard InChI is InChI=1S/C20H29N3O4/c1-2-23(13-19(24)21-15-6-4-3-5-7-15)14-20(25)22-16-8-9-17-18(12-16)27-11-10-26-17/h8-9,12,15H,2-7,10-11,13-14H2,1H3,(H,21,24)(H,22,25). The SMILES string of the molecule is CCN(CC(=O)Nc1ccc2c(c1)OCCO2)CC(=O)NC1CCCCC1. The number of rotatable bonds is 7. The first-order chi connectivity index (χ1) is 13.1. The predicted molar refractivity (Wildman–Crippen MR) is 103 cm³/mol. The molecule has 0 bridgehead atoms. The Bertz CT molecular complexity index is 659. The van der Waals surface area contributed by atoms with Crippen LogP contribution in [-0.4, -0.2) is 55.6 Å². The lowest BCUT2D eigenvalue weighted by Crippen LogP contribution is -2.44. The maximum atomic E-state index is 12.4. The van der Waals surface area contributed by atoms with Crippen LogP contribution < -0.4 is 20.1 Å². The third-order valence-electron chi connectivity index (χ3n) is 4.98. The molecule has 0 atom stereocenters. The van der Waals surface area contributed by atoms with Crippen molar-refractivity contribution in [3.63, 3.8) is 0 Å². The van der Waals surface area contributed by atoms with Gasteiger partial charge in [-0.2, -0.15) is 0 Å². The molecule has 1 aromatic carbocycles. The van der Waals surface area contributed by atoms with Crippen LogP contribution >= 0.6 is 0 Å². The topological polar surface area (TPSA) is 79.9 Å². The second kappa shape index (κ2) is 9.60. The quantitative estimate of drug-likeness (QED) is 0.763. The number of fused-ring (bicyclic) bond motifs is 1. The minimum atomic E-state index is -0.154. The van der Waals surface area contributed by atoms with Gasteiger partial charge in [0.15, 0.2) is 11.5 Å². The predicted octanol–water partition coefficient (Wildman–Crippen LogP) is 2.17. The molecular weight excluding hydrogens is 346 g/mol. The summed E-state index contributed by atoms with van der Waals surface area (Å²) in [4.78, 5) is 26.5. The van der Waals surface area contributed by atoms with Crippen molar-refractivity contribution < 1.29 is 19.1 Å². The zero-order valence-corrected chi connectivity index (χ0v) is 16.0. The molecule has 0 unspecified atom stereocenters. The highest BCUT2D eigenvalue weighted by molar-refractivity contribution is 5.93. The highest BCUT2D eigenvalue weighted by Gasteiger charge is 2.19. The summed E-state index contributed by atoms with van der Waals surface area (Å²) in [6, 6.07) is 5.63. The van der Waals surface area contributed by atoms with Crippen LogP contribution in [-0.2, 0) is 9.59 Å². The molecule has 1 fully saturated rings. The van der Waals surface area contributed by atoms with Gasteiger partial charge in [-0.05, 0) is 31.5 Å². The van der Waals surface area contributed by atoms with Gasteiger partial charge < -0.3 is 20.1 Å². The van der Waals surface area contributed by atoms with Crippen LogP contribution in [0.5, 0.6) is 11.5 Å². The van der Waals surface area contributed by atoms with E-state index >= 15 is 0 Å². The lowest BCUT2D eigenvalue weighted by molar-refractivity contribution is -0.124. The fourth-order valence-corrected chi connectivity index (χ4v) is 3.53. The summed E-state index contributed by atoms with van der Waals surface area (Å²) in [5.41, 5.74) is 0.659. The van der Waals surface area contributed by atoms with Gasteiger partial charge in [0.1, 0.15) is 13.2 Å². The Morgan fingerprint density at radius 3 is 2.48 bits per heavy atom. The van der Waals surface area contributed by atoms with Crippen molar-refractivity contribution in [3.8, 4) is 11.5 Å². The van der Waals surface area contributed by atoms with Gasteiger partial charge in [0.25, 0.3) is 0 Å². The van der Waals surface area contributed by atoms with Gasteiger partial charge in [0.05, 0.1) is 13.1 Å². The number of ether oxygens (including phenoxy) is 2. The highest BCUT2D eigenvalue weighted by Crippen LogP contribution is 2.32. The van der Waals surface area contributed by atoms with Gasteiger partial charge in [-0.25, -0.2) is 0 Å². The van der Waals surface area contributed by atoms with Crippen molar-refractivity contribution in [1.82, 2.24) is 10.2 Å². The summed E-state index contributed by atoms with van der Waals surface area (Å²) in [5, 5.41) is 5.96. The second-order valence-corrected chi connectivity index (χ2v) is 7.11. The van der Waals surface area contributed by atoms with Gasteiger partial charge in [-0.15, -0.1) is 0 Å². The Balaban J connectivity index is 1.47. The molecule has 0 aromatic heterocycles. The van der Waals surface area contributed by atoms with Gasteiger partial charge >= 0.3 is 0 Å². The number of carbonyl (C=O) groups excluding carboxylic acids is 2. The van der Waals surface area contributed by atoms with Crippen LogP contribution in [0, 0.1) is 0 Å². The molecule has 7 heteroatoms. The third-order valence-corrected chi connectivity index (χ3v) is 4.98. The van der Waals surface area contributed by atoms with Crippen molar-refractivity contribution in [3.05, 3.63) is 18.2 Å². The molecule has 1 aliphatic carbocycles. The molecule has 2 amide bonds. The first-order valence-corrected chi connectivity index (χ1v) is 9.85. The molecular formula is C20H29N3O4. The summed E-state index contributed by atoms with van der Waals surface area (Å²) in [6.07, 6.45) is 5.74. The van der Waals surface area contributed by atoms with E-state index < -0.39 is 0 Å². The first kappa shape index (κ1) is 19.5. The van der Waals surface area contributed by atoms with E-state index in [-0.39, 0.29) is 30.9 Å². The largest absolute Gasteiger partial charge is 0.486 e. The van der Waals surface area contributed by atoms with Gasteiger partial charge in [-0.1, -0.05) is 26.2 Å². The number of hydrogen-bond donors (Lipinski definition) is 2. The van der Waals surface area contributed by atoms with E-state index in [1.54, 1.807) is 18.2 Å². The number of nitrogens with zero attached hydrogens (tertiary/aromatic N) is 1. The minimum absolute atomic E-state index is 0.00382. The highest BCUT2D eigenvalue weighted by atomic mass is 16.6. The smallest absolute Gasteiger partial charge is 0.238 e. The molecule has 27 heavy (non-hydrogen) atoms. The number of carbonyl (C=O) groups is 2. The average molecular weight is 375 g/mol. The molecule has 0 spiro atoms. The molecule has 2 aliphatic rings. The maximum absolute atomic E-state index is 12.4. The van der Waals surface area contributed by atoms with E-state index in [0.717, 1.165) is 12.8 Å². The molecule has 1 heterocycles. The molecule has 2 N–H and O–H groups in total. The maximum Gasteiger partial charge on any atom is 0.238 e. The van der Waals surface area contributed by atoms with Crippen LogP contribution in [0.25, 0.3) is 0 Å². The van der Waals surface area contributed by atoms with E-state index in [2.05, 4.69) is 10.6 Å². The first-order valence-electron chi connectivity index (χ1n) is 9.85. The van der Waals surface area contributed by atoms with Crippen molar-refractivity contribution in [2.75, 3.05) is 38.2 Å². The summed E-state index contributed by atoms with van der Waals surface area (Å²) in [5.74, 6) is 1.17. The minimum Gasteiger partial charge on any atom is -0.486 e. The van der Waals surface area contributed by atoms with Crippen molar-refractivity contribution in [2.45, 2.75) is 45.1 Å². The molecule has 7 nitrogen and oxygen atoms in total. The summed E-state index contributed by atoms with van der Waals surface area (Å²) in [6.45, 7) is 4.03. The number of amides is 2. The van der Waals surface area contributed by atoms with Crippen molar-refractivity contribution >= 4 is 17.5 Å². The molecule has 1 aromatic rings. The van der Waals surface area contributed by atoms with Crippen LogP contribution in [0.15, 0.2) is 18.2 Å². The molecule has 0 radical (unpaired) electrons. The van der Waals surface area contributed by atoms with E-state index in [4.69, 9.17) is 9.47 Å². The van der Waals surface area contributed by atoms with Crippen molar-refractivity contribution in [1.29, 1.82) is 0 Å². The van der Waals surface area contributed by atoms with E-state index in [9.17, 15) is 9.59 Å². The summed E-state index contributed by atoms with van der Waals surface area (Å²) in [7, 11) is 0. The number of hydrogen-bond acceptors (Lipinski definition) is 5. The average Bonchev–Trinajstić information content (AvgIpc) is 2.68. The van der Waals surface area contributed by atoms with Crippen LogP contribution in [0.4, 0.5) is 5.69 Å². The van der Waals surface area contributed by atoms with Crippen LogP contribution in [0.1, 0.15) is 39.0 Å². The third kappa shape index (κ3) is 5.85. The molecule has 148 valence electrons. The van der Waals surface area contributed by atoms with Gasteiger partial charge in [0.2, 0.25) is 11.8 Å². The molecule has 0 saturated heterocycles. The van der Waals surface area contributed by atoms with Crippen LogP contribution in [0.2, 0.25) is 0 Å². The Morgan fingerprint density at radius 2 is 1.74 bits per heavy atom. The Morgan fingerprint density at radius 1 is 1.04 bits per heavy atom. The fraction of sp³-hybridized carbons (Fsp3) is 0.600. The Hall–Kier alpha value is -2.28. The zero-order valence-electron chi connectivity index (χ0n) is 16.0. The van der Waals surface area contributed by atoms with Crippen molar-refractivity contribution in [2.24, 2.45) is 0 Å². The lowest BCUT2D eigenvalue weighted by atomic mass is 9.95. The van der Waals surface area contributed by atoms with Crippen LogP contribution in [0.3, 0.4) is 0 Å². The Kier molecular flexibility index (Phi) is 6.92. The van der Waals surface area contributed by atoms with Gasteiger partial charge in [-0.3, -0.25) is 14.5 Å². The number of likely N-dealkylation sites (N-methyl/N-ethyl adjacent to an activating group) is 1. The summed E-state index contributed by atoms with van der Waals surface area (Å²) >= 11 is 0. The van der Waals surface area contributed by atoms with E-state index in [1.165, 1.54) is 19.3 Å². The number of benzene rings is 1. The van der Waals surface area contributed by atoms with E-state index in [1.807, 2.05) is 11.8 Å². The molecule has 1 saturated carbocycles. The summed E-state index contributed by atoms with van der Waals surface area (Å²) < 4.78 is 11.0. The normalized spacial score (nSPS) is 16.8. The van der Waals surface area contributed by atoms with E-state index in [0.29, 0.717) is 36.9 Å². The molecule has 3 rings (SSSR count). The lowest BCUT2D eigenvalue weighted by Gasteiger charge is -2.25. The zero-order chi connectivity index (χ0) is 19.1. The number of nitrogens with one attached hydrogen (secondary N) is 2.